The van der Waals surface area contributed by atoms with Crippen molar-refractivity contribution in [3.8, 4) is 0 Å². The highest BCUT2D eigenvalue weighted by Gasteiger charge is 2.28. The zero-order valence-electron chi connectivity index (χ0n) is 12.9. The summed E-state index contributed by atoms with van der Waals surface area (Å²) in [5.41, 5.74) is 4.88. The van der Waals surface area contributed by atoms with Gasteiger partial charge in [0.15, 0.2) is 0 Å². The molecule has 4 nitrogen and oxygen atoms in total. The highest BCUT2D eigenvalue weighted by molar-refractivity contribution is 5.84. The Morgan fingerprint density at radius 1 is 1.32 bits per heavy atom. The number of carbonyl (C=O) groups is 1. The van der Waals surface area contributed by atoms with Crippen LogP contribution in [0.15, 0.2) is 0 Å². The van der Waals surface area contributed by atoms with Gasteiger partial charge in [0.05, 0.1) is 5.54 Å². The molecule has 1 amide bonds. The van der Waals surface area contributed by atoms with E-state index >= 15 is 0 Å². The molecular weight excluding hydrogens is 238 g/mol. The number of rotatable bonds is 7. The van der Waals surface area contributed by atoms with Crippen LogP contribution < -0.4 is 11.1 Å². The van der Waals surface area contributed by atoms with Crippen LogP contribution in [0, 0.1) is 0 Å². The molecule has 1 aliphatic carbocycles. The average molecular weight is 269 g/mol. The lowest BCUT2D eigenvalue weighted by Crippen LogP contribution is -2.51. The van der Waals surface area contributed by atoms with E-state index in [1.807, 2.05) is 6.92 Å². The molecule has 0 aliphatic heterocycles. The minimum absolute atomic E-state index is 0.257. The minimum Gasteiger partial charge on any atom is -0.368 e. The zero-order chi connectivity index (χ0) is 14.3. The Kier molecular flexibility index (Phi) is 6.80. The quantitative estimate of drug-likeness (QED) is 0.694. The SMILES string of the molecule is CNC(C)(CCCN(C)C1CCCCCC1)C(N)=O. The predicted molar refractivity (Wildman–Crippen MR) is 80.0 cm³/mol. The average Bonchev–Trinajstić information content (AvgIpc) is 2.67. The molecular formula is C15H31N3O. The number of carbonyl (C=O) groups excluding carboxylic acids is 1. The van der Waals surface area contributed by atoms with Gasteiger partial charge in [-0.2, -0.15) is 0 Å². The van der Waals surface area contributed by atoms with Gasteiger partial charge in [0, 0.05) is 6.04 Å². The van der Waals surface area contributed by atoms with E-state index in [4.69, 9.17) is 5.73 Å². The van der Waals surface area contributed by atoms with Crippen molar-refractivity contribution < 1.29 is 4.79 Å². The molecule has 1 saturated carbocycles. The maximum atomic E-state index is 11.4. The largest absolute Gasteiger partial charge is 0.368 e. The first kappa shape index (κ1) is 16.4. The van der Waals surface area contributed by atoms with Gasteiger partial charge in [-0.3, -0.25) is 4.79 Å². The molecule has 1 atom stereocenters. The standard InChI is InChI=1S/C15H31N3O/c1-15(17-2,14(16)19)11-8-12-18(3)13-9-6-4-5-7-10-13/h13,17H,4-12H2,1-3H3,(H2,16,19). The van der Waals surface area contributed by atoms with Crippen LogP contribution in [-0.2, 0) is 4.79 Å². The summed E-state index contributed by atoms with van der Waals surface area (Å²) in [5.74, 6) is -0.257. The van der Waals surface area contributed by atoms with Crippen LogP contribution in [0.4, 0.5) is 0 Å². The first-order valence-electron chi connectivity index (χ1n) is 7.68. The summed E-state index contributed by atoms with van der Waals surface area (Å²) >= 11 is 0. The number of hydrogen-bond donors (Lipinski definition) is 2. The van der Waals surface area contributed by atoms with Crippen molar-refractivity contribution in [2.24, 2.45) is 5.73 Å². The summed E-state index contributed by atoms with van der Waals surface area (Å²) in [7, 11) is 4.02. The first-order valence-corrected chi connectivity index (χ1v) is 7.68. The molecule has 19 heavy (non-hydrogen) atoms. The molecule has 0 aromatic carbocycles. The molecule has 1 fully saturated rings. The maximum Gasteiger partial charge on any atom is 0.237 e. The Morgan fingerprint density at radius 2 is 1.89 bits per heavy atom. The molecule has 0 saturated heterocycles. The Balaban J connectivity index is 2.33. The molecule has 0 spiro atoms. The van der Waals surface area contributed by atoms with Crippen molar-refractivity contribution in [1.82, 2.24) is 10.2 Å². The van der Waals surface area contributed by atoms with E-state index in [1.165, 1.54) is 38.5 Å². The lowest BCUT2D eigenvalue weighted by atomic mass is 9.95. The van der Waals surface area contributed by atoms with E-state index in [0.29, 0.717) is 0 Å². The molecule has 112 valence electrons. The van der Waals surface area contributed by atoms with Gasteiger partial charge in [-0.05, 0) is 53.2 Å². The van der Waals surface area contributed by atoms with Crippen molar-refractivity contribution in [2.75, 3.05) is 20.6 Å². The molecule has 0 bridgehead atoms. The topological polar surface area (TPSA) is 58.4 Å². The van der Waals surface area contributed by atoms with Gasteiger partial charge in [-0.15, -0.1) is 0 Å². The molecule has 0 aromatic heterocycles. The second kappa shape index (κ2) is 7.85. The third-order valence-corrected chi connectivity index (χ3v) is 4.73. The van der Waals surface area contributed by atoms with Gasteiger partial charge < -0.3 is 16.0 Å². The van der Waals surface area contributed by atoms with Gasteiger partial charge >= 0.3 is 0 Å². The normalized spacial score (nSPS) is 21.1. The summed E-state index contributed by atoms with van der Waals surface area (Å²) < 4.78 is 0. The van der Waals surface area contributed by atoms with Crippen molar-refractivity contribution in [1.29, 1.82) is 0 Å². The van der Waals surface area contributed by atoms with Gasteiger partial charge in [0.2, 0.25) is 5.91 Å². The fourth-order valence-corrected chi connectivity index (χ4v) is 2.93. The van der Waals surface area contributed by atoms with Crippen LogP contribution >= 0.6 is 0 Å². The smallest absolute Gasteiger partial charge is 0.237 e. The van der Waals surface area contributed by atoms with Crippen molar-refractivity contribution >= 4 is 5.91 Å². The van der Waals surface area contributed by atoms with E-state index in [2.05, 4.69) is 17.3 Å². The molecule has 4 heteroatoms. The Labute approximate surface area is 118 Å². The fourth-order valence-electron chi connectivity index (χ4n) is 2.93. The summed E-state index contributed by atoms with van der Waals surface area (Å²) in [5, 5.41) is 3.05. The van der Waals surface area contributed by atoms with Crippen LogP contribution in [-0.4, -0.2) is 43.0 Å². The maximum absolute atomic E-state index is 11.4. The third-order valence-electron chi connectivity index (χ3n) is 4.73. The van der Waals surface area contributed by atoms with E-state index < -0.39 is 5.54 Å². The Hall–Kier alpha value is -0.610. The number of amides is 1. The zero-order valence-corrected chi connectivity index (χ0v) is 12.9. The monoisotopic (exact) mass is 269 g/mol. The predicted octanol–water partition coefficient (Wildman–Crippen LogP) is 1.88. The van der Waals surface area contributed by atoms with E-state index in [1.54, 1.807) is 7.05 Å². The lowest BCUT2D eigenvalue weighted by Gasteiger charge is -2.30. The lowest BCUT2D eigenvalue weighted by molar-refractivity contribution is -0.123. The molecule has 1 aliphatic rings. The molecule has 1 unspecified atom stereocenters. The van der Waals surface area contributed by atoms with E-state index in [0.717, 1.165) is 25.4 Å². The number of primary amides is 1. The number of nitrogens with one attached hydrogen (secondary N) is 1. The number of nitrogens with zero attached hydrogens (tertiary/aromatic N) is 1. The highest BCUT2D eigenvalue weighted by atomic mass is 16.1. The van der Waals surface area contributed by atoms with Crippen molar-refractivity contribution in [3.63, 3.8) is 0 Å². The summed E-state index contributed by atoms with van der Waals surface area (Å²) in [4.78, 5) is 13.9. The Morgan fingerprint density at radius 3 is 2.37 bits per heavy atom. The molecule has 1 rings (SSSR count). The Bertz CT molecular complexity index is 275. The first-order chi connectivity index (χ1) is 8.99. The highest BCUT2D eigenvalue weighted by Crippen LogP contribution is 2.21. The van der Waals surface area contributed by atoms with Gasteiger partial charge in [-0.1, -0.05) is 25.7 Å². The van der Waals surface area contributed by atoms with Gasteiger partial charge in [0.25, 0.3) is 0 Å². The van der Waals surface area contributed by atoms with E-state index in [-0.39, 0.29) is 5.91 Å². The van der Waals surface area contributed by atoms with Gasteiger partial charge in [-0.25, -0.2) is 0 Å². The van der Waals surface area contributed by atoms with Crippen LogP contribution in [0.25, 0.3) is 0 Å². The van der Waals surface area contributed by atoms with Crippen molar-refractivity contribution in [3.05, 3.63) is 0 Å². The summed E-state index contributed by atoms with van der Waals surface area (Å²) in [6, 6.07) is 0.733. The van der Waals surface area contributed by atoms with Crippen LogP contribution in [0.2, 0.25) is 0 Å². The minimum atomic E-state index is -0.565. The third kappa shape index (κ3) is 5.11. The summed E-state index contributed by atoms with van der Waals surface area (Å²) in [6.45, 7) is 2.94. The second-order valence-corrected chi connectivity index (χ2v) is 6.18. The molecule has 0 radical (unpaired) electrons. The number of hydrogen-bond acceptors (Lipinski definition) is 3. The van der Waals surface area contributed by atoms with E-state index in [9.17, 15) is 4.79 Å². The van der Waals surface area contributed by atoms with Crippen LogP contribution in [0.5, 0.6) is 0 Å². The summed E-state index contributed by atoms with van der Waals surface area (Å²) in [6.07, 6.45) is 9.98. The fraction of sp³-hybridized carbons (Fsp3) is 0.933. The molecule has 3 N–H and O–H groups in total. The number of likely N-dealkylation sites (N-methyl/N-ethyl adjacent to an activating group) is 1. The van der Waals surface area contributed by atoms with Crippen LogP contribution in [0.3, 0.4) is 0 Å². The molecule has 0 aromatic rings. The van der Waals surface area contributed by atoms with Crippen LogP contribution in [0.1, 0.15) is 58.3 Å². The number of nitrogens with two attached hydrogens (primary N) is 1. The van der Waals surface area contributed by atoms with Crippen molar-refractivity contribution in [2.45, 2.75) is 69.9 Å². The van der Waals surface area contributed by atoms with Gasteiger partial charge in [0.1, 0.15) is 0 Å². The second-order valence-electron chi connectivity index (χ2n) is 6.18. The molecule has 0 heterocycles.